The predicted molar refractivity (Wildman–Crippen MR) is 166 cm³/mol. The lowest BCUT2D eigenvalue weighted by Crippen LogP contribution is -2.59. The van der Waals surface area contributed by atoms with Crippen LogP contribution in [0, 0.1) is 11.8 Å². The van der Waals surface area contributed by atoms with E-state index < -0.39 is 72.1 Å². The molecule has 13 nitrogen and oxygen atoms in total. The second-order valence-corrected chi connectivity index (χ2v) is 12.5. The lowest BCUT2D eigenvalue weighted by molar-refractivity contribution is -0.146. The van der Waals surface area contributed by atoms with E-state index in [2.05, 4.69) is 26.3 Å². The topological polar surface area (TPSA) is 190 Å². The Bertz CT molecular complexity index is 1440. The van der Waals surface area contributed by atoms with Crippen LogP contribution in [-0.4, -0.2) is 87.2 Å². The Labute approximate surface area is 262 Å². The minimum atomic E-state index is -1.48. The normalized spacial score (nSPS) is 25.9. The number of para-hydroxylation sites is 1. The summed E-state index contributed by atoms with van der Waals surface area (Å²) in [6, 6.07) is 1.82. The van der Waals surface area contributed by atoms with Crippen LogP contribution >= 0.6 is 0 Å². The van der Waals surface area contributed by atoms with Gasteiger partial charge >= 0.3 is 5.97 Å². The van der Waals surface area contributed by atoms with Crippen molar-refractivity contribution in [2.24, 2.45) is 11.8 Å². The first-order valence-electron chi connectivity index (χ1n) is 15.7. The standard InChI is InChI=1S/C32H44N6O7/c1-5-18(4)27-31(44)35-22(13-17(2)3)28(41)34-23(14-19-16-33-21-10-7-6-9-20(19)21)29(42)36-24(15-26(39)40)32(45)38-12-8-11-25(38)30(43)37-27/h6-7,9-10,16-18,22-25,27,33H,5,8,11-15H2,1-4H3,(H,34,41)(H,35,44)(H,36,42)(H,37,43)(H,39,40)/t18-,22+,23+,24-,25+,27-/m1/s1. The zero-order valence-electron chi connectivity index (χ0n) is 26.2. The number of nitrogens with zero attached hydrogens (tertiary/aromatic N) is 1. The molecule has 6 N–H and O–H groups in total. The van der Waals surface area contributed by atoms with Gasteiger partial charge in [-0.25, -0.2) is 0 Å². The van der Waals surface area contributed by atoms with Crippen LogP contribution in [0.3, 0.4) is 0 Å². The summed E-state index contributed by atoms with van der Waals surface area (Å²) in [7, 11) is 0. The van der Waals surface area contributed by atoms with Crippen molar-refractivity contribution in [2.75, 3.05) is 6.54 Å². The molecule has 0 radical (unpaired) electrons. The van der Waals surface area contributed by atoms with Gasteiger partial charge in [0.05, 0.1) is 6.42 Å². The molecular weight excluding hydrogens is 580 g/mol. The molecule has 5 amide bonds. The number of fused-ring (bicyclic) bond motifs is 2. The number of carboxylic acid groups (broad SMARTS) is 1. The van der Waals surface area contributed by atoms with Gasteiger partial charge in [0.25, 0.3) is 0 Å². The van der Waals surface area contributed by atoms with E-state index in [9.17, 15) is 33.9 Å². The lowest BCUT2D eigenvalue weighted by atomic mass is 9.96. The first-order chi connectivity index (χ1) is 21.4. The molecule has 2 saturated heterocycles. The van der Waals surface area contributed by atoms with Gasteiger partial charge < -0.3 is 36.3 Å². The van der Waals surface area contributed by atoms with Crippen LogP contribution in [0.5, 0.6) is 0 Å². The highest BCUT2D eigenvalue weighted by atomic mass is 16.4. The van der Waals surface area contributed by atoms with Crippen molar-refractivity contribution < 1.29 is 33.9 Å². The Morgan fingerprint density at radius 3 is 2.27 bits per heavy atom. The van der Waals surface area contributed by atoms with E-state index in [1.165, 1.54) is 4.90 Å². The monoisotopic (exact) mass is 624 g/mol. The number of hydrogen-bond donors (Lipinski definition) is 6. The summed E-state index contributed by atoms with van der Waals surface area (Å²) in [6.45, 7) is 7.68. The van der Waals surface area contributed by atoms with Crippen LogP contribution in [0.1, 0.15) is 65.4 Å². The molecule has 2 aliphatic rings. The van der Waals surface area contributed by atoms with Gasteiger partial charge in [-0.3, -0.25) is 28.8 Å². The lowest BCUT2D eigenvalue weighted by Gasteiger charge is -2.31. The Morgan fingerprint density at radius 2 is 1.58 bits per heavy atom. The Balaban J connectivity index is 1.77. The molecule has 0 unspecified atom stereocenters. The number of carboxylic acids is 1. The largest absolute Gasteiger partial charge is 0.481 e. The number of rotatable bonds is 8. The molecule has 3 heterocycles. The maximum absolute atomic E-state index is 13.9. The number of aromatic nitrogens is 1. The maximum Gasteiger partial charge on any atom is 0.305 e. The minimum absolute atomic E-state index is 0.00900. The quantitative estimate of drug-likeness (QED) is 0.254. The van der Waals surface area contributed by atoms with Crippen molar-refractivity contribution in [1.29, 1.82) is 0 Å². The highest BCUT2D eigenvalue weighted by Crippen LogP contribution is 2.22. The first-order valence-corrected chi connectivity index (χ1v) is 15.7. The van der Waals surface area contributed by atoms with E-state index >= 15 is 0 Å². The van der Waals surface area contributed by atoms with Gasteiger partial charge in [0.15, 0.2) is 0 Å². The van der Waals surface area contributed by atoms with E-state index in [4.69, 9.17) is 0 Å². The molecule has 0 saturated carbocycles. The molecule has 0 spiro atoms. The van der Waals surface area contributed by atoms with Gasteiger partial charge in [0, 0.05) is 30.1 Å². The number of hydrogen-bond acceptors (Lipinski definition) is 6. The average Bonchev–Trinajstić information content (AvgIpc) is 3.65. The SMILES string of the molecule is CC[C@@H](C)[C@H]1NC(=O)[C@@H]2CCCN2C(=O)[C@@H](CC(=O)O)NC(=O)[C@H](Cc2c[nH]c3ccccc23)NC(=O)[C@H](CC(C)C)NC1=O. The number of carbonyl (C=O) groups excluding carboxylic acids is 5. The second kappa shape index (κ2) is 14.6. The Morgan fingerprint density at radius 1 is 0.911 bits per heavy atom. The van der Waals surface area contributed by atoms with Crippen molar-refractivity contribution in [3.63, 3.8) is 0 Å². The van der Waals surface area contributed by atoms with Crippen LogP contribution in [0.2, 0.25) is 0 Å². The van der Waals surface area contributed by atoms with Gasteiger partial charge in [-0.1, -0.05) is 52.3 Å². The third kappa shape index (κ3) is 8.00. The van der Waals surface area contributed by atoms with Gasteiger partial charge in [-0.05, 0) is 42.7 Å². The smallest absolute Gasteiger partial charge is 0.305 e. The van der Waals surface area contributed by atoms with E-state index in [1.807, 2.05) is 52.0 Å². The molecule has 2 aliphatic heterocycles. The highest BCUT2D eigenvalue weighted by Gasteiger charge is 2.41. The van der Waals surface area contributed by atoms with Crippen LogP contribution in [0.25, 0.3) is 10.9 Å². The van der Waals surface area contributed by atoms with Gasteiger partial charge in [-0.2, -0.15) is 0 Å². The van der Waals surface area contributed by atoms with E-state index in [-0.39, 0.29) is 31.2 Å². The van der Waals surface area contributed by atoms with E-state index in [0.29, 0.717) is 19.3 Å². The number of benzene rings is 1. The van der Waals surface area contributed by atoms with Crippen molar-refractivity contribution >= 4 is 46.4 Å². The van der Waals surface area contributed by atoms with E-state index in [0.717, 1.165) is 16.5 Å². The molecule has 1 aromatic heterocycles. The number of amides is 5. The minimum Gasteiger partial charge on any atom is -0.481 e. The summed E-state index contributed by atoms with van der Waals surface area (Å²) in [6.07, 6.45) is 2.67. The summed E-state index contributed by atoms with van der Waals surface area (Å²) in [5.74, 6) is -4.77. The van der Waals surface area contributed by atoms with Gasteiger partial charge in [0.1, 0.15) is 30.2 Å². The summed E-state index contributed by atoms with van der Waals surface area (Å²) >= 11 is 0. The van der Waals surface area contributed by atoms with Crippen molar-refractivity contribution in [3.05, 3.63) is 36.0 Å². The van der Waals surface area contributed by atoms with E-state index in [1.54, 1.807) is 6.20 Å². The molecule has 13 heteroatoms. The molecule has 4 rings (SSSR count). The zero-order valence-corrected chi connectivity index (χ0v) is 26.2. The maximum atomic E-state index is 13.9. The van der Waals surface area contributed by atoms with Crippen LogP contribution in [-0.2, 0) is 35.2 Å². The fourth-order valence-corrected chi connectivity index (χ4v) is 6.07. The van der Waals surface area contributed by atoms with Crippen LogP contribution in [0.15, 0.2) is 30.5 Å². The molecular formula is C32H44N6O7. The molecule has 2 fully saturated rings. The summed E-state index contributed by atoms with van der Waals surface area (Å²) in [5.41, 5.74) is 1.55. The molecule has 2 aromatic rings. The summed E-state index contributed by atoms with van der Waals surface area (Å²) < 4.78 is 0. The molecule has 0 bridgehead atoms. The zero-order chi connectivity index (χ0) is 32.8. The van der Waals surface area contributed by atoms with Gasteiger partial charge in [0.2, 0.25) is 29.5 Å². The predicted octanol–water partition coefficient (Wildman–Crippen LogP) is 1.22. The van der Waals surface area contributed by atoms with Crippen LogP contribution in [0.4, 0.5) is 0 Å². The number of carbonyl (C=O) groups is 6. The average molecular weight is 625 g/mol. The summed E-state index contributed by atoms with van der Waals surface area (Å²) in [5, 5.41) is 21.5. The number of aliphatic carboxylic acids is 1. The molecule has 0 aliphatic carbocycles. The Hall–Kier alpha value is -4.42. The second-order valence-electron chi connectivity index (χ2n) is 12.5. The van der Waals surface area contributed by atoms with Crippen molar-refractivity contribution in [1.82, 2.24) is 31.2 Å². The number of H-pyrrole nitrogens is 1. The van der Waals surface area contributed by atoms with Crippen molar-refractivity contribution in [2.45, 2.75) is 96.4 Å². The molecule has 244 valence electrons. The number of nitrogens with one attached hydrogen (secondary N) is 5. The van der Waals surface area contributed by atoms with Crippen LogP contribution < -0.4 is 21.3 Å². The fraction of sp³-hybridized carbons (Fsp3) is 0.562. The third-order valence-corrected chi connectivity index (χ3v) is 8.70. The highest BCUT2D eigenvalue weighted by molar-refractivity contribution is 5.99. The number of aromatic amines is 1. The molecule has 6 atom stereocenters. The molecule has 1 aromatic carbocycles. The molecule has 45 heavy (non-hydrogen) atoms. The Kier molecular flexibility index (Phi) is 10.8. The fourth-order valence-electron chi connectivity index (χ4n) is 6.07. The van der Waals surface area contributed by atoms with Gasteiger partial charge in [-0.15, -0.1) is 0 Å². The first kappa shape index (κ1) is 33.5. The summed E-state index contributed by atoms with van der Waals surface area (Å²) in [4.78, 5) is 84.9. The third-order valence-electron chi connectivity index (χ3n) is 8.70. The van der Waals surface area contributed by atoms with Crippen molar-refractivity contribution in [3.8, 4) is 0 Å².